The molecule has 1 N–H and O–H groups in total. The third-order valence-electron chi connectivity index (χ3n) is 3.38. The van der Waals surface area contributed by atoms with Gasteiger partial charge in [-0.15, -0.1) is 0 Å². The molecule has 0 aliphatic carbocycles. The van der Waals surface area contributed by atoms with Crippen LogP contribution in [0.15, 0.2) is 71.8 Å². The van der Waals surface area contributed by atoms with Crippen LogP contribution >= 0.6 is 11.6 Å². The number of rotatable bonds is 5. The molecular weight excluding hydrogens is 324 g/mol. The molecule has 0 saturated carbocycles. The Labute approximate surface area is 144 Å². The van der Waals surface area contributed by atoms with Crippen molar-refractivity contribution in [1.82, 2.24) is 5.43 Å². The molecule has 0 aromatic heterocycles. The molecule has 0 fully saturated rings. The second kappa shape index (κ2) is 7.62. The van der Waals surface area contributed by atoms with Crippen LogP contribution in [0.1, 0.15) is 5.56 Å². The van der Waals surface area contributed by atoms with Gasteiger partial charge in [-0.05, 0) is 29.1 Å². The maximum Gasteiger partial charge on any atom is 0.277 e. The first kappa shape index (κ1) is 16.0. The topological polar surface area (TPSA) is 50.7 Å². The molecule has 0 radical (unpaired) electrons. The third-order valence-corrected chi connectivity index (χ3v) is 3.63. The molecule has 0 saturated heterocycles. The van der Waals surface area contributed by atoms with Gasteiger partial charge in [-0.2, -0.15) is 5.10 Å². The van der Waals surface area contributed by atoms with Crippen LogP contribution in [0.25, 0.3) is 10.8 Å². The van der Waals surface area contributed by atoms with E-state index in [2.05, 4.69) is 10.5 Å². The summed E-state index contributed by atoms with van der Waals surface area (Å²) in [4.78, 5) is 11.8. The summed E-state index contributed by atoms with van der Waals surface area (Å²) < 4.78 is 5.60. The molecule has 0 atom stereocenters. The van der Waals surface area contributed by atoms with Crippen LogP contribution in [0.4, 0.5) is 0 Å². The Morgan fingerprint density at radius 3 is 2.62 bits per heavy atom. The van der Waals surface area contributed by atoms with Crippen LogP contribution < -0.4 is 10.2 Å². The molecule has 0 heterocycles. The third kappa shape index (κ3) is 4.12. The number of fused-ring (bicyclic) bond motifs is 1. The van der Waals surface area contributed by atoms with E-state index in [1.807, 2.05) is 54.6 Å². The van der Waals surface area contributed by atoms with Crippen molar-refractivity contribution in [2.45, 2.75) is 0 Å². The number of carbonyl (C=O) groups is 1. The van der Waals surface area contributed by atoms with Crippen molar-refractivity contribution >= 4 is 34.5 Å². The van der Waals surface area contributed by atoms with E-state index in [1.165, 1.54) is 0 Å². The summed E-state index contributed by atoms with van der Waals surface area (Å²) in [5, 5.41) is 6.59. The van der Waals surface area contributed by atoms with E-state index in [1.54, 1.807) is 18.3 Å². The number of hydrogen-bond acceptors (Lipinski definition) is 3. The minimum absolute atomic E-state index is 0.105. The van der Waals surface area contributed by atoms with Gasteiger partial charge >= 0.3 is 0 Å². The van der Waals surface area contributed by atoms with Crippen molar-refractivity contribution in [2.24, 2.45) is 5.10 Å². The van der Waals surface area contributed by atoms with Crippen LogP contribution in [0.2, 0.25) is 5.02 Å². The average Bonchev–Trinajstić information content (AvgIpc) is 2.61. The zero-order chi connectivity index (χ0) is 16.8. The lowest BCUT2D eigenvalue weighted by atomic mass is 10.1. The first-order valence-corrected chi connectivity index (χ1v) is 7.78. The smallest absolute Gasteiger partial charge is 0.277 e. The van der Waals surface area contributed by atoms with E-state index in [4.69, 9.17) is 16.3 Å². The number of hydrogen-bond donors (Lipinski definition) is 1. The molecule has 3 aromatic rings. The predicted molar refractivity (Wildman–Crippen MR) is 96.6 cm³/mol. The quantitative estimate of drug-likeness (QED) is 0.564. The number of carbonyl (C=O) groups excluding carboxylic acids is 1. The van der Waals surface area contributed by atoms with Crippen LogP contribution in [0.3, 0.4) is 0 Å². The Bertz CT molecular complexity index is 871. The molecule has 0 bridgehead atoms. The molecule has 1 amide bonds. The molecule has 5 heteroatoms. The molecule has 0 aliphatic rings. The number of benzene rings is 3. The summed E-state index contributed by atoms with van der Waals surface area (Å²) in [5.74, 6) is 0.345. The monoisotopic (exact) mass is 338 g/mol. The van der Waals surface area contributed by atoms with Gasteiger partial charge < -0.3 is 4.74 Å². The van der Waals surface area contributed by atoms with Crippen LogP contribution in [-0.2, 0) is 4.79 Å². The van der Waals surface area contributed by atoms with Crippen molar-refractivity contribution in [1.29, 1.82) is 0 Å². The van der Waals surface area contributed by atoms with Gasteiger partial charge in [0.1, 0.15) is 5.75 Å². The molecule has 24 heavy (non-hydrogen) atoms. The summed E-state index contributed by atoms with van der Waals surface area (Å²) in [6.45, 7) is -0.105. The van der Waals surface area contributed by atoms with E-state index < -0.39 is 0 Å². The Balaban J connectivity index is 1.56. The zero-order valence-electron chi connectivity index (χ0n) is 12.8. The number of halogens is 1. The molecule has 120 valence electrons. The van der Waals surface area contributed by atoms with E-state index in [0.717, 1.165) is 16.3 Å². The highest BCUT2D eigenvalue weighted by Gasteiger charge is 2.04. The fourth-order valence-electron chi connectivity index (χ4n) is 2.22. The van der Waals surface area contributed by atoms with Crippen molar-refractivity contribution in [3.05, 3.63) is 77.3 Å². The summed E-state index contributed by atoms with van der Waals surface area (Å²) in [7, 11) is 0. The molecule has 4 nitrogen and oxygen atoms in total. The predicted octanol–water partition coefficient (Wildman–Crippen LogP) is 4.02. The first-order chi connectivity index (χ1) is 11.7. The summed E-state index contributed by atoms with van der Waals surface area (Å²) >= 11 is 5.81. The van der Waals surface area contributed by atoms with E-state index in [0.29, 0.717) is 10.8 Å². The maximum absolute atomic E-state index is 11.8. The fraction of sp³-hybridized carbons (Fsp3) is 0.0526. The zero-order valence-corrected chi connectivity index (χ0v) is 13.5. The summed E-state index contributed by atoms with van der Waals surface area (Å²) in [5.41, 5.74) is 3.28. The van der Waals surface area contributed by atoms with Crippen molar-refractivity contribution < 1.29 is 9.53 Å². The van der Waals surface area contributed by atoms with Gasteiger partial charge in [-0.25, -0.2) is 5.43 Å². The van der Waals surface area contributed by atoms with Crippen LogP contribution in [0, 0.1) is 0 Å². The van der Waals surface area contributed by atoms with Gasteiger partial charge in [0.25, 0.3) is 5.91 Å². The lowest BCUT2D eigenvalue weighted by Crippen LogP contribution is -2.24. The minimum Gasteiger partial charge on any atom is -0.483 e. The molecule has 3 rings (SSSR count). The Morgan fingerprint density at radius 1 is 1.04 bits per heavy atom. The SMILES string of the molecule is O=C(COc1cccc2ccccc12)N/N=C\c1ccc(Cl)cc1. The first-order valence-electron chi connectivity index (χ1n) is 7.40. The van der Waals surface area contributed by atoms with Gasteiger partial charge in [-0.1, -0.05) is 60.1 Å². The highest BCUT2D eigenvalue weighted by atomic mass is 35.5. The van der Waals surface area contributed by atoms with Crippen LogP contribution in [0.5, 0.6) is 5.75 Å². The van der Waals surface area contributed by atoms with Crippen molar-refractivity contribution in [3.63, 3.8) is 0 Å². The number of nitrogens with zero attached hydrogens (tertiary/aromatic N) is 1. The normalized spacial score (nSPS) is 10.9. The second-order valence-corrected chi connectivity index (χ2v) is 5.55. The molecule has 0 aliphatic heterocycles. The Morgan fingerprint density at radius 2 is 1.79 bits per heavy atom. The molecule has 3 aromatic carbocycles. The van der Waals surface area contributed by atoms with Gasteiger partial charge in [0.15, 0.2) is 6.61 Å². The van der Waals surface area contributed by atoms with Gasteiger partial charge in [0, 0.05) is 10.4 Å². The fourth-order valence-corrected chi connectivity index (χ4v) is 2.35. The second-order valence-electron chi connectivity index (χ2n) is 5.11. The highest BCUT2D eigenvalue weighted by molar-refractivity contribution is 6.30. The van der Waals surface area contributed by atoms with Crippen molar-refractivity contribution in [2.75, 3.05) is 6.61 Å². The van der Waals surface area contributed by atoms with Gasteiger partial charge in [0.05, 0.1) is 6.21 Å². The lowest BCUT2D eigenvalue weighted by molar-refractivity contribution is -0.123. The van der Waals surface area contributed by atoms with Crippen LogP contribution in [-0.4, -0.2) is 18.7 Å². The number of hydrazone groups is 1. The average molecular weight is 339 g/mol. The van der Waals surface area contributed by atoms with E-state index >= 15 is 0 Å². The van der Waals surface area contributed by atoms with Gasteiger partial charge in [-0.3, -0.25) is 4.79 Å². The standard InChI is InChI=1S/C19H15ClN2O2/c20-16-10-8-14(9-11-16)12-21-22-19(23)13-24-18-7-3-5-15-4-1-2-6-17(15)18/h1-12H,13H2,(H,22,23)/b21-12-. The lowest BCUT2D eigenvalue weighted by Gasteiger charge is -2.08. The highest BCUT2D eigenvalue weighted by Crippen LogP contribution is 2.24. The molecular formula is C19H15ClN2O2. The maximum atomic E-state index is 11.8. The minimum atomic E-state index is -0.326. The molecule has 0 unspecified atom stereocenters. The number of ether oxygens (including phenoxy) is 1. The Hall–Kier alpha value is -2.85. The number of amides is 1. The summed E-state index contributed by atoms with van der Waals surface area (Å²) in [6, 6.07) is 20.7. The summed E-state index contributed by atoms with van der Waals surface area (Å²) in [6.07, 6.45) is 1.55. The largest absolute Gasteiger partial charge is 0.483 e. The van der Waals surface area contributed by atoms with E-state index in [9.17, 15) is 4.79 Å². The number of nitrogens with one attached hydrogen (secondary N) is 1. The van der Waals surface area contributed by atoms with Crippen molar-refractivity contribution in [3.8, 4) is 5.75 Å². The molecule has 0 spiro atoms. The Kier molecular flexibility index (Phi) is 5.08. The van der Waals surface area contributed by atoms with E-state index in [-0.39, 0.29) is 12.5 Å². The van der Waals surface area contributed by atoms with Gasteiger partial charge in [0.2, 0.25) is 0 Å².